The number of hydrogen-bond donors (Lipinski definition) is 2. The van der Waals surface area contributed by atoms with E-state index in [4.69, 9.17) is 15.2 Å². The maximum absolute atomic E-state index is 5.98. The fourth-order valence-electron chi connectivity index (χ4n) is 2.53. The standard InChI is InChI=1S/C20H25N3O2S/c1-15-3-5-16(6-4-15)14-26-12-9-22-20(21)23-17-7-8-18-19(13-17)25-11-2-10-24-18/h3-8,13H,2,9-12,14H2,1H3,(H3,21,22,23). The highest BCUT2D eigenvalue weighted by Crippen LogP contribution is 2.32. The fraction of sp³-hybridized carbons (Fsp3) is 0.350. The molecule has 0 aliphatic carbocycles. The summed E-state index contributed by atoms with van der Waals surface area (Å²) in [6.45, 7) is 4.13. The maximum atomic E-state index is 5.98. The zero-order valence-electron chi connectivity index (χ0n) is 15.0. The molecule has 1 heterocycles. The van der Waals surface area contributed by atoms with Crippen molar-refractivity contribution in [2.24, 2.45) is 10.7 Å². The van der Waals surface area contributed by atoms with Crippen LogP contribution in [-0.2, 0) is 5.75 Å². The number of guanidine groups is 1. The van der Waals surface area contributed by atoms with Gasteiger partial charge in [-0.1, -0.05) is 29.8 Å². The van der Waals surface area contributed by atoms with Crippen LogP contribution in [0.25, 0.3) is 0 Å². The van der Waals surface area contributed by atoms with Crippen LogP contribution >= 0.6 is 11.8 Å². The third-order valence-electron chi connectivity index (χ3n) is 3.93. The summed E-state index contributed by atoms with van der Waals surface area (Å²) in [5.74, 6) is 3.85. The predicted molar refractivity (Wildman–Crippen MR) is 110 cm³/mol. The van der Waals surface area contributed by atoms with Crippen molar-refractivity contribution in [3.8, 4) is 11.5 Å². The normalized spacial score (nSPS) is 14.0. The van der Waals surface area contributed by atoms with Crippen LogP contribution in [0, 0.1) is 6.92 Å². The molecule has 138 valence electrons. The Labute approximate surface area is 159 Å². The minimum atomic E-state index is 0.412. The van der Waals surface area contributed by atoms with Crippen LogP contribution in [0.5, 0.6) is 11.5 Å². The molecule has 3 rings (SSSR count). The molecule has 0 fully saturated rings. The summed E-state index contributed by atoms with van der Waals surface area (Å²) in [6, 6.07) is 14.3. The highest BCUT2D eigenvalue weighted by atomic mass is 32.2. The number of aliphatic imine (C=N–C) groups is 1. The molecule has 2 aromatic rings. The molecule has 0 saturated carbocycles. The van der Waals surface area contributed by atoms with Gasteiger partial charge in [0.15, 0.2) is 17.5 Å². The second-order valence-corrected chi connectivity index (χ2v) is 7.25. The quantitative estimate of drug-likeness (QED) is 0.459. The SMILES string of the molecule is Cc1ccc(CSCCN=C(N)Nc2ccc3c(c2)OCCCO3)cc1. The highest BCUT2D eigenvalue weighted by Gasteiger charge is 2.10. The molecule has 2 aromatic carbocycles. The average molecular weight is 372 g/mol. The lowest BCUT2D eigenvalue weighted by atomic mass is 10.2. The van der Waals surface area contributed by atoms with E-state index in [9.17, 15) is 0 Å². The molecule has 0 spiro atoms. The third-order valence-corrected chi connectivity index (χ3v) is 4.94. The Morgan fingerprint density at radius 2 is 1.88 bits per heavy atom. The molecule has 0 radical (unpaired) electrons. The van der Waals surface area contributed by atoms with Crippen LogP contribution in [0.2, 0.25) is 0 Å². The van der Waals surface area contributed by atoms with Crippen molar-refractivity contribution >= 4 is 23.4 Å². The summed E-state index contributed by atoms with van der Waals surface area (Å²) in [6.07, 6.45) is 0.890. The van der Waals surface area contributed by atoms with Gasteiger partial charge in [-0.2, -0.15) is 11.8 Å². The van der Waals surface area contributed by atoms with E-state index in [2.05, 4.69) is 41.5 Å². The molecule has 0 bridgehead atoms. The van der Waals surface area contributed by atoms with Crippen molar-refractivity contribution in [2.75, 3.05) is 30.8 Å². The zero-order valence-corrected chi connectivity index (χ0v) is 15.8. The Bertz CT molecular complexity index is 747. The Balaban J connectivity index is 1.43. The maximum Gasteiger partial charge on any atom is 0.193 e. The second kappa shape index (κ2) is 9.38. The molecule has 0 amide bonds. The Morgan fingerprint density at radius 1 is 1.12 bits per heavy atom. The first kappa shape index (κ1) is 18.5. The van der Waals surface area contributed by atoms with E-state index in [1.807, 2.05) is 30.0 Å². The van der Waals surface area contributed by atoms with Crippen LogP contribution in [0.15, 0.2) is 47.5 Å². The molecule has 5 nitrogen and oxygen atoms in total. The van der Waals surface area contributed by atoms with Crippen molar-refractivity contribution < 1.29 is 9.47 Å². The van der Waals surface area contributed by atoms with Crippen molar-refractivity contribution in [1.29, 1.82) is 0 Å². The van der Waals surface area contributed by atoms with Gasteiger partial charge in [-0.3, -0.25) is 4.99 Å². The van der Waals surface area contributed by atoms with E-state index in [0.29, 0.717) is 25.7 Å². The number of thioether (sulfide) groups is 1. The van der Waals surface area contributed by atoms with Crippen molar-refractivity contribution in [3.63, 3.8) is 0 Å². The van der Waals surface area contributed by atoms with E-state index < -0.39 is 0 Å². The summed E-state index contributed by atoms with van der Waals surface area (Å²) in [5, 5.41) is 3.11. The number of rotatable bonds is 6. The molecule has 0 atom stereocenters. The van der Waals surface area contributed by atoms with E-state index in [1.165, 1.54) is 11.1 Å². The lowest BCUT2D eigenvalue weighted by Gasteiger charge is -2.10. The molecule has 1 aliphatic rings. The number of anilines is 1. The Morgan fingerprint density at radius 3 is 2.69 bits per heavy atom. The lowest BCUT2D eigenvalue weighted by Crippen LogP contribution is -2.23. The number of ether oxygens (including phenoxy) is 2. The van der Waals surface area contributed by atoms with Crippen LogP contribution in [-0.4, -0.2) is 31.5 Å². The number of benzene rings is 2. The van der Waals surface area contributed by atoms with Gasteiger partial charge in [-0.25, -0.2) is 0 Å². The van der Waals surface area contributed by atoms with Gasteiger partial charge in [0.25, 0.3) is 0 Å². The number of aryl methyl sites for hydroxylation is 1. The summed E-state index contributed by atoms with van der Waals surface area (Å²) in [4.78, 5) is 4.39. The van der Waals surface area contributed by atoms with Crippen molar-refractivity contribution in [1.82, 2.24) is 0 Å². The van der Waals surface area contributed by atoms with Gasteiger partial charge < -0.3 is 20.5 Å². The van der Waals surface area contributed by atoms with Crippen LogP contribution in [0.4, 0.5) is 5.69 Å². The van der Waals surface area contributed by atoms with Crippen molar-refractivity contribution in [3.05, 3.63) is 53.6 Å². The molecule has 26 heavy (non-hydrogen) atoms. The number of nitrogens with zero attached hydrogens (tertiary/aromatic N) is 1. The first-order valence-electron chi connectivity index (χ1n) is 8.80. The summed E-state index contributed by atoms with van der Waals surface area (Å²) >= 11 is 1.85. The number of fused-ring (bicyclic) bond motifs is 1. The fourth-order valence-corrected chi connectivity index (χ4v) is 3.33. The van der Waals surface area contributed by atoms with Crippen molar-refractivity contribution in [2.45, 2.75) is 19.1 Å². The predicted octanol–water partition coefficient (Wildman–Crippen LogP) is 3.82. The highest BCUT2D eigenvalue weighted by molar-refractivity contribution is 7.98. The van der Waals surface area contributed by atoms with Gasteiger partial charge in [0.1, 0.15) is 0 Å². The van der Waals surface area contributed by atoms with Crippen LogP contribution in [0.3, 0.4) is 0 Å². The van der Waals surface area contributed by atoms with Gasteiger partial charge >= 0.3 is 0 Å². The largest absolute Gasteiger partial charge is 0.490 e. The molecule has 0 aromatic heterocycles. The molecule has 1 aliphatic heterocycles. The van der Waals surface area contributed by atoms with Gasteiger partial charge in [0.2, 0.25) is 0 Å². The first-order valence-corrected chi connectivity index (χ1v) is 9.96. The third kappa shape index (κ3) is 5.59. The minimum Gasteiger partial charge on any atom is -0.490 e. The van der Waals surface area contributed by atoms with Gasteiger partial charge in [-0.05, 0) is 24.6 Å². The van der Waals surface area contributed by atoms with E-state index >= 15 is 0 Å². The molecular weight excluding hydrogens is 346 g/mol. The Hall–Kier alpha value is -2.34. The van der Waals surface area contributed by atoms with E-state index in [1.54, 1.807) is 0 Å². The summed E-state index contributed by atoms with van der Waals surface area (Å²) in [7, 11) is 0. The number of nitrogens with one attached hydrogen (secondary N) is 1. The van der Waals surface area contributed by atoms with Gasteiger partial charge in [-0.15, -0.1) is 0 Å². The average Bonchev–Trinajstić information content (AvgIpc) is 2.88. The minimum absolute atomic E-state index is 0.412. The molecule has 3 N–H and O–H groups in total. The van der Waals surface area contributed by atoms with E-state index in [0.717, 1.165) is 35.1 Å². The number of nitrogens with two attached hydrogens (primary N) is 1. The van der Waals surface area contributed by atoms with Gasteiger partial charge in [0.05, 0.1) is 19.8 Å². The van der Waals surface area contributed by atoms with Crippen LogP contribution < -0.4 is 20.5 Å². The molecule has 0 saturated heterocycles. The van der Waals surface area contributed by atoms with E-state index in [-0.39, 0.29) is 0 Å². The monoisotopic (exact) mass is 371 g/mol. The Kier molecular flexibility index (Phi) is 6.66. The number of hydrogen-bond acceptors (Lipinski definition) is 4. The summed E-state index contributed by atoms with van der Waals surface area (Å²) in [5.41, 5.74) is 9.45. The lowest BCUT2D eigenvalue weighted by molar-refractivity contribution is 0.297. The topological polar surface area (TPSA) is 68.9 Å². The zero-order chi connectivity index (χ0) is 18.2. The molecular formula is C20H25N3O2S. The van der Waals surface area contributed by atoms with Crippen LogP contribution in [0.1, 0.15) is 17.5 Å². The molecule has 0 unspecified atom stereocenters. The smallest absolute Gasteiger partial charge is 0.193 e. The first-order chi connectivity index (χ1) is 12.7. The molecule has 6 heteroatoms. The second-order valence-electron chi connectivity index (χ2n) is 6.14. The van der Waals surface area contributed by atoms with Gasteiger partial charge in [0, 0.05) is 29.7 Å². The summed E-state index contributed by atoms with van der Waals surface area (Å²) < 4.78 is 11.3.